The van der Waals surface area contributed by atoms with Crippen molar-refractivity contribution in [1.29, 1.82) is 0 Å². The molecule has 8 heteroatoms. The minimum absolute atomic E-state index is 0.00367. The van der Waals surface area contributed by atoms with Gasteiger partial charge in [0, 0.05) is 5.56 Å². The standard InChI is InChI=1S/C25H20ClNO6/c1-13-3-9-19(29)18(11-13)27-22(14-4-7-16(28)8-5-14)21(24(31)25(27)32)23(30)15-6-10-20(33-2)17(26)12-15/h3-12,22,28-30H,1-2H3/b23-21-. The number of phenols is 2. The van der Waals surface area contributed by atoms with Crippen molar-refractivity contribution in [1.82, 2.24) is 0 Å². The second-order valence-corrected chi connectivity index (χ2v) is 8.01. The van der Waals surface area contributed by atoms with E-state index in [9.17, 15) is 24.9 Å². The number of aliphatic hydroxyl groups is 1. The van der Waals surface area contributed by atoms with Gasteiger partial charge in [0.25, 0.3) is 11.7 Å². The Labute approximate surface area is 194 Å². The van der Waals surface area contributed by atoms with Gasteiger partial charge in [0.15, 0.2) is 0 Å². The summed E-state index contributed by atoms with van der Waals surface area (Å²) in [5, 5.41) is 31.6. The van der Waals surface area contributed by atoms with Gasteiger partial charge >= 0.3 is 0 Å². The largest absolute Gasteiger partial charge is 0.508 e. The van der Waals surface area contributed by atoms with Crippen LogP contribution in [0.5, 0.6) is 17.2 Å². The number of hydrogen-bond acceptors (Lipinski definition) is 6. The number of carbonyl (C=O) groups is 2. The Bertz CT molecular complexity index is 1300. The van der Waals surface area contributed by atoms with Crippen LogP contribution in [0.25, 0.3) is 5.76 Å². The van der Waals surface area contributed by atoms with Crippen LogP contribution >= 0.6 is 11.6 Å². The van der Waals surface area contributed by atoms with E-state index in [-0.39, 0.29) is 33.3 Å². The van der Waals surface area contributed by atoms with Crippen molar-refractivity contribution >= 4 is 34.7 Å². The number of Topliss-reactive ketones (excluding diaryl/α,β-unsaturated/α-hetero) is 1. The maximum absolute atomic E-state index is 13.2. The van der Waals surface area contributed by atoms with Gasteiger partial charge in [0.1, 0.15) is 23.0 Å². The molecule has 0 radical (unpaired) electrons. The number of aliphatic hydroxyl groups excluding tert-OH is 1. The predicted octanol–water partition coefficient (Wildman–Crippen LogP) is 4.69. The molecule has 1 amide bonds. The minimum Gasteiger partial charge on any atom is -0.508 e. The first-order valence-corrected chi connectivity index (χ1v) is 10.3. The number of hydrogen-bond donors (Lipinski definition) is 3. The van der Waals surface area contributed by atoms with E-state index >= 15 is 0 Å². The van der Waals surface area contributed by atoms with Crippen LogP contribution in [0.15, 0.2) is 66.2 Å². The molecule has 1 atom stereocenters. The van der Waals surface area contributed by atoms with Crippen LogP contribution < -0.4 is 9.64 Å². The lowest BCUT2D eigenvalue weighted by Crippen LogP contribution is -2.29. The molecule has 3 aromatic carbocycles. The minimum atomic E-state index is -1.06. The summed E-state index contributed by atoms with van der Waals surface area (Å²) >= 11 is 6.20. The molecule has 0 aromatic heterocycles. The summed E-state index contributed by atoms with van der Waals surface area (Å²) in [5.41, 5.74) is 1.39. The third kappa shape index (κ3) is 3.87. The third-order valence-electron chi connectivity index (χ3n) is 5.47. The fraction of sp³-hybridized carbons (Fsp3) is 0.120. The van der Waals surface area contributed by atoms with Crippen LogP contribution in [0.1, 0.15) is 22.7 Å². The number of aryl methyl sites for hydroxylation is 1. The molecule has 3 aromatic rings. The molecule has 3 N–H and O–H groups in total. The number of aromatic hydroxyl groups is 2. The van der Waals surface area contributed by atoms with Gasteiger partial charge in [-0.3, -0.25) is 14.5 Å². The van der Waals surface area contributed by atoms with Gasteiger partial charge in [0.05, 0.1) is 29.4 Å². The topological polar surface area (TPSA) is 107 Å². The average Bonchev–Trinajstić information content (AvgIpc) is 3.06. The molecular weight excluding hydrogens is 446 g/mol. The predicted molar refractivity (Wildman–Crippen MR) is 124 cm³/mol. The Balaban J connectivity index is 1.97. The van der Waals surface area contributed by atoms with Crippen molar-refractivity contribution in [2.45, 2.75) is 13.0 Å². The van der Waals surface area contributed by atoms with Crippen LogP contribution in [0.3, 0.4) is 0 Å². The number of rotatable bonds is 4. The van der Waals surface area contributed by atoms with E-state index in [4.69, 9.17) is 16.3 Å². The second-order valence-electron chi connectivity index (χ2n) is 7.60. The zero-order valence-electron chi connectivity index (χ0n) is 17.7. The van der Waals surface area contributed by atoms with Gasteiger partial charge in [-0.2, -0.15) is 0 Å². The number of anilines is 1. The number of methoxy groups -OCH3 is 1. The summed E-state index contributed by atoms with van der Waals surface area (Å²) in [4.78, 5) is 27.5. The van der Waals surface area contributed by atoms with Crippen molar-refractivity contribution in [3.8, 4) is 17.2 Å². The van der Waals surface area contributed by atoms with E-state index in [1.54, 1.807) is 31.2 Å². The maximum Gasteiger partial charge on any atom is 0.300 e. The summed E-state index contributed by atoms with van der Waals surface area (Å²) in [6.45, 7) is 1.79. The van der Waals surface area contributed by atoms with E-state index in [1.807, 2.05) is 0 Å². The van der Waals surface area contributed by atoms with Crippen molar-refractivity contribution in [2.24, 2.45) is 0 Å². The van der Waals surface area contributed by atoms with Crippen LogP contribution in [0.2, 0.25) is 5.02 Å². The second kappa shape index (κ2) is 8.52. The fourth-order valence-electron chi connectivity index (χ4n) is 3.85. The normalized spacial score (nSPS) is 17.4. The maximum atomic E-state index is 13.2. The van der Waals surface area contributed by atoms with E-state index in [1.165, 1.54) is 43.5 Å². The molecule has 1 aliphatic rings. The highest BCUT2D eigenvalue weighted by Gasteiger charge is 2.47. The van der Waals surface area contributed by atoms with Crippen LogP contribution in [0.4, 0.5) is 5.69 Å². The molecule has 0 bridgehead atoms. The summed E-state index contributed by atoms with van der Waals surface area (Å²) in [6, 6.07) is 14.0. The molecule has 1 aliphatic heterocycles. The number of benzene rings is 3. The van der Waals surface area contributed by atoms with Crippen LogP contribution in [-0.2, 0) is 9.59 Å². The Morgan fingerprint density at radius 1 is 1.00 bits per heavy atom. The van der Waals surface area contributed by atoms with Gasteiger partial charge in [-0.15, -0.1) is 0 Å². The van der Waals surface area contributed by atoms with Gasteiger partial charge in [0.2, 0.25) is 0 Å². The van der Waals surface area contributed by atoms with E-state index in [0.717, 1.165) is 10.5 Å². The summed E-state index contributed by atoms with van der Waals surface area (Å²) in [7, 11) is 1.45. The monoisotopic (exact) mass is 465 g/mol. The number of ether oxygens (including phenoxy) is 1. The number of halogens is 1. The van der Waals surface area contributed by atoms with Gasteiger partial charge in [-0.25, -0.2) is 0 Å². The number of amides is 1. The third-order valence-corrected chi connectivity index (χ3v) is 5.76. The van der Waals surface area contributed by atoms with Gasteiger partial charge < -0.3 is 20.1 Å². The number of phenolic OH excluding ortho intramolecular Hbond substituents is 2. The van der Waals surface area contributed by atoms with Crippen LogP contribution in [-0.4, -0.2) is 34.1 Å². The number of nitrogens with zero attached hydrogens (tertiary/aromatic N) is 1. The molecular formula is C25H20ClNO6. The zero-order valence-corrected chi connectivity index (χ0v) is 18.5. The van der Waals surface area contributed by atoms with Crippen molar-refractivity contribution in [3.63, 3.8) is 0 Å². The van der Waals surface area contributed by atoms with Crippen molar-refractivity contribution < 1.29 is 29.6 Å². The first-order valence-electron chi connectivity index (χ1n) is 9.96. The first-order chi connectivity index (χ1) is 15.7. The highest BCUT2D eigenvalue weighted by atomic mass is 35.5. The first kappa shape index (κ1) is 22.2. The molecule has 33 heavy (non-hydrogen) atoms. The van der Waals surface area contributed by atoms with Gasteiger partial charge in [-0.05, 0) is 60.5 Å². The highest BCUT2D eigenvalue weighted by molar-refractivity contribution is 6.52. The van der Waals surface area contributed by atoms with Crippen LogP contribution in [0, 0.1) is 6.92 Å². The summed E-state index contributed by atoms with van der Waals surface area (Å²) in [5.74, 6) is -2.07. The lowest BCUT2D eigenvalue weighted by atomic mass is 9.95. The Kier molecular flexibility index (Phi) is 5.74. The highest BCUT2D eigenvalue weighted by Crippen LogP contribution is 2.45. The molecule has 1 fully saturated rings. The molecule has 0 spiro atoms. The number of ketones is 1. The molecule has 7 nitrogen and oxygen atoms in total. The molecule has 1 unspecified atom stereocenters. The van der Waals surface area contributed by atoms with E-state index in [0.29, 0.717) is 11.3 Å². The summed E-state index contributed by atoms with van der Waals surface area (Å²) in [6.07, 6.45) is 0. The van der Waals surface area contributed by atoms with Crippen molar-refractivity contribution in [2.75, 3.05) is 12.0 Å². The average molecular weight is 466 g/mol. The molecule has 4 rings (SSSR count). The molecule has 0 saturated carbocycles. The zero-order chi connectivity index (χ0) is 23.9. The molecule has 1 saturated heterocycles. The lowest BCUT2D eigenvalue weighted by molar-refractivity contribution is -0.132. The van der Waals surface area contributed by atoms with E-state index in [2.05, 4.69) is 0 Å². The number of carbonyl (C=O) groups excluding carboxylic acids is 2. The Morgan fingerprint density at radius 2 is 1.70 bits per heavy atom. The Morgan fingerprint density at radius 3 is 2.33 bits per heavy atom. The fourth-order valence-corrected chi connectivity index (χ4v) is 4.11. The summed E-state index contributed by atoms with van der Waals surface area (Å²) < 4.78 is 5.13. The molecule has 168 valence electrons. The molecule has 0 aliphatic carbocycles. The van der Waals surface area contributed by atoms with Gasteiger partial charge in [-0.1, -0.05) is 29.8 Å². The Hall–Kier alpha value is -3.97. The smallest absolute Gasteiger partial charge is 0.300 e. The van der Waals surface area contributed by atoms with E-state index < -0.39 is 23.5 Å². The quantitative estimate of drug-likeness (QED) is 0.293. The van der Waals surface area contributed by atoms with Crippen molar-refractivity contribution in [3.05, 3.63) is 87.9 Å². The molecule has 1 heterocycles. The lowest BCUT2D eigenvalue weighted by Gasteiger charge is -2.26. The SMILES string of the molecule is COc1ccc(/C(O)=C2/C(=O)C(=O)N(c3cc(C)ccc3O)C2c2ccc(O)cc2)cc1Cl.